The normalized spacial score (nSPS) is 10.0. The minimum atomic E-state index is -0.197. The molecule has 114 valence electrons. The lowest BCUT2D eigenvalue weighted by Crippen LogP contribution is -2.34. The SMILES string of the molecule is O=C(CCc1ccccc1Cl)NC(=S)Nc1cccc(O)c1. The summed E-state index contributed by atoms with van der Waals surface area (Å²) < 4.78 is 0. The summed E-state index contributed by atoms with van der Waals surface area (Å²) >= 11 is 11.1. The molecular weight excluding hydrogens is 320 g/mol. The van der Waals surface area contributed by atoms with Crippen LogP contribution in [-0.2, 0) is 11.2 Å². The summed E-state index contributed by atoms with van der Waals surface area (Å²) in [6.45, 7) is 0. The van der Waals surface area contributed by atoms with Crippen molar-refractivity contribution in [1.29, 1.82) is 0 Å². The summed E-state index contributed by atoms with van der Waals surface area (Å²) in [6, 6.07) is 13.9. The summed E-state index contributed by atoms with van der Waals surface area (Å²) in [5, 5.41) is 15.6. The van der Waals surface area contributed by atoms with Crippen molar-refractivity contribution in [3.8, 4) is 5.75 Å². The molecule has 0 heterocycles. The van der Waals surface area contributed by atoms with Crippen LogP contribution >= 0.6 is 23.8 Å². The third-order valence-corrected chi connectivity index (χ3v) is 3.51. The summed E-state index contributed by atoms with van der Waals surface area (Å²) in [5.41, 5.74) is 1.53. The molecule has 1 amide bonds. The van der Waals surface area contributed by atoms with Gasteiger partial charge in [0.1, 0.15) is 5.75 Å². The highest BCUT2D eigenvalue weighted by Gasteiger charge is 2.07. The largest absolute Gasteiger partial charge is 0.508 e. The Morgan fingerprint density at radius 2 is 1.95 bits per heavy atom. The van der Waals surface area contributed by atoms with Crippen LogP contribution in [0.25, 0.3) is 0 Å². The number of benzene rings is 2. The molecule has 3 N–H and O–H groups in total. The third kappa shape index (κ3) is 5.02. The topological polar surface area (TPSA) is 61.4 Å². The van der Waals surface area contributed by atoms with E-state index < -0.39 is 0 Å². The molecule has 0 aromatic heterocycles. The Morgan fingerprint density at radius 3 is 2.68 bits per heavy atom. The fourth-order valence-electron chi connectivity index (χ4n) is 1.88. The van der Waals surface area contributed by atoms with Gasteiger partial charge in [-0.15, -0.1) is 0 Å². The van der Waals surface area contributed by atoms with Crippen molar-refractivity contribution in [3.05, 3.63) is 59.1 Å². The minimum Gasteiger partial charge on any atom is -0.508 e. The van der Waals surface area contributed by atoms with E-state index in [1.54, 1.807) is 24.3 Å². The zero-order chi connectivity index (χ0) is 15.9. The van der Waals surface area contributed by atoms with Crippen molar-refractivity contribution >= 4 is 40.5 Å². The average molecular weight is 335 g/mol. The zero-order valence-electron chi connectivity index (χ0n) is 11.7. The first-order valence-corrected chi connectivity index (χ1v) is 7.46. The van der Waals surface area contributed by atoms with E-state index in [0.717, 1.165) is 5.56 Å². The van der Waals surface area contributed by atoms with Gasteiger partial charge in [0, 0.05) is 23.2 Å². The molecule has 0 spiro atoms. The molecule has 2 aromatic rings. The number of hydrogen-bond donors (Lipinski definition) is 3. The van der Waals surface area contributed by atoms with Crippen LogP contribution in [0.4, 0.5) is 5.69 Å². The first-order valence-electron chi connectivity index (χ1n) is 6.68. The quantitative estimate of drug-likeness (QED) is 0.749. The molecule has 4 nitrogen and oxygen atoms in total. The fourth-order valence-corrected chi connectivity index (χ4v) is 2.35. The van der Waals surface area contributed by atoms with E-state index in [1.807, 2.05) is 18.2 Å². The van der Waals surface area contributed by atoms with Crippen LogP contribution in [0.5, 0.6) is 5.75 Å². The van der Waals surface area contributed by atoms with Gasteiger partial charge in [-0.25, -0.2) is 0 Å². The molecular formula is C16H15ClN2O2S. The highest BCUT2D eigenvalue weighted by atomic mass is 35.5. The number of hydrogen-bond acceptors (Lipinski definition) is 3. The number of anilines is 1. The molecule has 0 saturated carbocycles. The van der Waals surface area contributed by atoms with E-state index >= 15 is 0 Å². The number of amides is 1. The number of carbonyl (C=O) groups is 1. The monoisotopic (exact) mass is 334 g/mol. The van der Waals surface area contributed by atoms with Gasteiger partial charge in [-0.1, -0.05) is 35.9 Å². The van der Waals surface area contributed by atoms with Crippen LogP contribution < -0.4 is 10.6 Å². The van der Waals surface area contributed by atoms with E-state index in [4.69, 9.17) is 23.8 Å². The Hall–Kier alpha value is -2.11. The van der Waals surface area contributed by atoms with Crippen molar-refractivity contribution in [1.82, 2.24) is 5.32 Å². The molecule has 6 heteroatoms. The first kappa shape index (κ1) is 16.3. The summed E-state index contributed by atoms with van der Waals surface area (Å²) in [5.74, 6) is -0.0737. The van der Waals surface area contributed by atoms with Gasteiger partial charge in [0.2, 0.25) is 5.91 Å². The van der Waals surface area contributed by atoms with E-state index in [0.29, 0.717) is 17.1 Å². The zero-order valence-corrected chi connectivity index (χ0v) is 13.2. The Bertz CT molecular complexity index is 691. The molecule has 0 aliphatic carbocycles. The lowest BCUT2D eigenvalue weighted by atomic mass is 10.1. The first-order chi connectivity index (χ1) is 10.5. The maximum absolute atomic E-state index is 11.9. The number of carbonyl (C=O) groups excluding carboxylic acids is 1. The maximum Gasteiger partial charge on any atom is 0.226 e. The molecule has 0 aliphatic rings. The van der Waals surface area contributed by atoms with Crippen molar-refractivity contribution in [2.24, 2.45) is 0 Å². The molecule has 0 bridgehead atoms. The highest BCUT2D eigenvalue weighted by molar-refractivity contribution is 7.80. The van der Waals surface area contributed by atoms with Gasteiger partial charge in [-0.2, -0.15) is 0 Å². The van der Waals surface area contributed by atoms with Gasteiger partial charge in [0.25, 0.3) is 0 Å². The van der Waals surface area contributed by atoms with Crippen molar-refractivity contribution in [3.63, 3.8) is 0 Å². The third-order valence-electron chi connectivity index (χ3n) is 2.94. The van der Waals surface area contributed by atoms with Gasteiger partial charge >= 0.3 is 0 Å². The van der Waals surface area contributed by atoms with Crippen LogP contribution in [0.15, 0.2) is 48.5 Å². The molecule has 0 atom stereocenters. The number of phenols is 1. The van der Waals surface area contributed by atoms with Gasteiger partial charge < -0.3 is 15.7 Å². The van der Waals surface area contributed by atoms with Gasteiger partial charge in [0.05, 0.1) is 0 Å². The number of phenolic OH excluding ortho intramolecular Hbond substituents is 1. The molecule has 2 rings (SSSR count). The summed E-state index contributed by atoms with van der Waals surface area (Å²) in [6.07, 6.45) is 0.825. The van der Waals surface area contributed by atoms with E-state index in [2.05, 4.69) is 10.6 Å². The van der Waals surface area contributed by atoms with E-state index in [-0.39, 0.29) is 23.2 Å². The van der Waals surface area contributed by atoms with Crippen LogP contribution in [0.1, 0.15) is 12.0 Å². The van der Waals surface area contributed by atoms with Crippen molar-refractivity contribution in [2.45, 2.75) is 12.8 Å². The number of aromatic hydroxyl groups is 1. The lowest BCUT2D eigenvalue weighted by Gasteiger charge is -2.10. The van der Waals surface area contributed by atoms with E-state index in [9.17, 15) is 9.90 Å². The smallest absolute Gasteiger partial charge is 0.226 e. The summed E-state index contributed by atoms with van der Waals surface area (Å²) in [7, 11) is 0. The summed E-state index contributed by atoms with van der Waals surface area (Å²) in [4.78, 5) is 11.9. The molecule has 0 unspecified atom stereocenters. The second-order valence-corrected chi connectivity index (χ2v) is 5.46. The number of thiocarbonyl (C=S) groups is 1. The van der Waals surface area contributed by atoms with Crippen LogP contribution in [-0.4, -0.2) is 16.1 Å². The molecule has 0 saturated heterocycles. The molecule has 22 heavy (non-hydrogen) atoms. The van der Waals surface area contributed by atoms with Crippen molar-refractivity contribution < 1.29 is 9.90 Å². The van der Waals surface area contributed by atoms with Crippen LogP contribution in [0, 0.1) is 0 Å². The number of nitrogens with one attached hydrogen (secondary N) is 2. The Labute approximate surface area is 139 Å². The van der Waals surface area contributed by atoms with E-state index in [1.165, 1.54) is 6.07 Å². The lowest BCUT2D eigenvalue weighted by molar-refractivity contribution is -0.119. The predicted octanol–water partition coefficient (Wildman–Crippen LogP) is 3.49. The number of halogens is 1. The van der Waals surface area contributed by atoms with Crippen LogP contribution in [0.3, 0.4) is 0 Å². The van der Waals surface area contributed by atoms with Crippen LogP contribution in [0.2, 0.25) is 5.02 Å². The Morgan fingerprint density at radius 1 is 1.18 bits per heavy atom. The average Bonchev–Trinajstić information content (AvgIpc) is 2.46. The molecule has 0 radical (unpaired) electrons. The standard InChI is InChI=1S/C16H15ClN2O2S/c17-14-7-2-1-4-11(14)8-9-15(21)19-16(22)18-12-5-3-6-13(20)10-12/h1-7,10,20H,8-9H2,(H2,18,19,21,22). The molecule has 0 aliphatic heterocycles. The van der Waals surface area contributed by atoms with Gasteiger partial charge in [-0.05, 0) is 42.4 Å². The fraction of sp³-hybridized carbons (Fsp3) is 0.125. The maximum atomic E-state index is 11.9. The predicted molar refractivity (Wildman–Crippen MR) is 92.2 cm³/mol. The number of aryl methyl sites for hydroxylation is 1. The molecule has 2 aromatic carbocycles. The Balaban J connectivity index is 1.82. The highest BCUT2D eigenvalue weighted by Crippen LogP contribution is 2.17. The van der Waals surface area contributed by atoms with Crippen molar-refractivity contribution in [2.75, 3.05) is 5.32 Å². The van der Waals surface area contributed by atoms with Gasteiger partial charge in [-0.3, -0.25) is 4.79 Å². The number of rotatable bonds is 4. The second kappa shape index (κ2) is 7.77. The minimum absolute atomic E-state index is 0.123. The second-order valence-electron chi connectivity index (χ2n) is 4.64. The Kier molecular flexibility index (Phi) is 5.75. The molecule has 0 fully saturated rings. The van der Waals surface area contributed by atoms with Gasteiger partial charge in [0.15, 0.2) is 5.11 Å².